The average Bonchev–Trinajstić information content (AvgIpc) is 2.82. The van der Waals surface area contributed by atoms with E-state index in [2.05, 4.69) is 25.6 Å². The molecule has 2 aromatic heterocycles. The fraction of sp³-hybridized carbons (Fsp3) is 0.182. The van der Waals surface area contributed by atoms with Crippen molar-refractivity contribution in [2.24, 2.45) is 0 Å². The predicted molar refractivity (Wildman–Crippen MR) is 77.7 cm³/mol. The zero-order valence-corrected chi connectivity index (χ0v) is 13.1. The van der Waals surface area contributed by atoms with Crippen LogP contribution in [-0.4, -0.2) is 18.5 Å². The number of nitrogens with zero attached hydrogens (tertiary/aromatic N) is 1. The fourth-order valence-corrected chi connectivity index (χ4v) is 4.34. The lowest BCUT2D eigenvalue weighted by Gasteiger charge is -2.09. The number of anilines is 1. The lowest BCUT2D eigenvalue weighted by Crippen LogP contribution is -2.15. The van der Waals surface area contributed by atoms with Crippen LogP contribution < -0.4 is 4.72 Å². The van der Waals surface area contributed by atoms with Crippen LogP contribution in [0.5, 0.6) is 0 Å². The standard InChI is InChI=1S/C11H11BrN2O3S2/c1-7-4-8(12)5-13-11(7)14-19(16,17)10-2-3-18-9(10)6-15/h2-5,15H,6H2,1H3,(H,13,14). The molecule has 2 heterocycles. The number of halogens is 1. The zero-order chi connectivity index (χ0) is 14.0. The molecule has 102 valence electrons. The molecule has 0 aliphatic rings. The van der Waals surface area contributed by atoms with Gasteiger partial charge in [0.2, 0.25) is 0 Å². The lowest BCUT2D eigenvalue weighted by atomic mass is 10.3. The van der Waals surface area contributed by atoms with E-state index in [1.54, 1.807) is 18.4 Å². The van der Waals surface area contributed by atoms with Crippen molar-refractivity contribution >= 4 is 43.1 Å². The van der Waals surface area contributed by atoms with E-state index in [0.717, 1.165) is 4.47 Å². The Kier molecular flexibility index (Phi) is 4.24. The van der Waals surface area contributed by atoms with E-state index in [9.17, 15) is 8.42 Å². The topological polar surface area (TPSA) is 79.3 Å². The number of aliphatic hydroxyl groups is 1. The number of hydrogen-bond acceptors (Lipinski definition) is 5. The molecule has 0 saturated heterocycles. The second-order valence-electron chi connectivity index (χ2n) is 3.79. The van der Waals surface area contributed by atoms with Gasteiger partial charge in [-0.25, -0.2) is 13.4 Å². The number of aromatic nitrogens is 1. The van der Waals surface area contributed by atoms with Crippen molar-refractivity contribution in [3.63, 3.8) is 0 Å². The van der Waals surface area contributed by atoms with E-state index in [-0.39, 0.29) is 17.3 Å². The molecule has 0 spiro atoms. The van der Waals surface area contributed by atoms with Crippen LogP contribution in [0.25, 0.3) is 0 Å². The number of sulfonamides is 1. The van der Waals surface area contributed by atoms with Crippen molar-refractivity contribution in [2.45, 2.75) is 18.4 Å². The Morgan fingerprint density at radius 2 is 2.26 bits per heavy atom. The van der Waals surface area contributed by atoms with E-state index < -0.39 is 10.0 Å². The third kappa shape index (κ3) is 3.14. The minimum atomic E-state index is -3.73. The molecule has 0 unspecified atom stereocenters. The smallest absolute Gasteiger partial charge is 0.264 e. The number of rotatable bonds is 4. The van der Waals surface area contributed by atoms with Gasteiger partial charge in [0.25, 0.3) is 10.0 Å². The first kappa shape index (κ1) is 14.4. The van der Waals surface area contributed by atoms with Gasteiger partial charge in [0.15, 0.2) is 0 Å². The first-order chi connectivity index (χ1) is 8.94. The molecule has 0 amide bonds. The highest BCUT2D eigenvalue weighted by Crippen LogP contribution is 2.25. The van der Waals surface area contributed by atoms with Gasteiger partial charge in [-0.05, 0) is 45.9 Å². The van der Waals surface area contributed by atoms with Crippen molar-refractivity contribution in [1.29, 1.82) is 0 Å². The molecular weight excluding hydrogens is 352 g/mol. The molecule has 5 nitrogen and oxygen atoms in total. The molecule has 0 radical (unpaired) electrons. The number of nitrogens with one attached hydrogen (secondary N) is 1. The minimum Gasteiger partial charge on any atom is -0.391 e. The monoisotopic (exact) mass is 362 g/mol. The van der Waals surface area contributed by atoms with E-state index in [4.69, 9.17) is 5.11 Å². The summed E-state index contributed by atoms with van der Waals surface area (Å²) in [4.78, 5) is 4.52. The third-order valence-corrected chi connectivity index (χ3v) is 5.31. The van der Waals surface area contributed by atoms with Crippen LogP contribution in [0.1, 0.15) is 10.4 Å². The summed E-state index contributed by atoms with van der Waals surface area (Å²) in [5, 5.41) is 10.8. The Morgan fingerprint density at radius 1 is 1.53 bits per heavy atom. The van der Waals surface area contributed by atoms with E-state index >= 15 is 0 Å². The normalized spacial score (nSPS) is 11.5. The Morgan fingerprint density at radius 3 is 2.89 bits per heavy atom. The van der Waals surface area contributed by atoms with Crippen LogP contribution in [-0.2, 0) is 16.6 Å². The largest absolute Gasteiger partial charge is 0.391 e. The molecule has 2 rings (SSSR count). The summed E-state index contributed by atoms with van der Waals surface area (Å²) < 4.78 is 27.6. The molecule has 2 N–H and O–H groups in total. The molecule has 19 heavy (non-hydrogen) atoms. The van der Waals surface area contributed by atoms with Crippen LogP contribution in [0.3, 0.4) is 0 Å². The Labute approximate surface area is 123 Å². The third-order valence-electron chi connectivity index (χ3n) is 2.41. The van der Waals surface area contributed by atoms with E-state index in [1.807, 2.05) is 0 Å². The van der Waals surface area contributed by atoms with Gasteiger partial charge in [-0.3, -0.25) is 4.72 Å². The molecule has 0 aromatic carbocycles. The van der Waals surface area contributed by atoms with Gasteiger partial charge >= 0.3 is 0 Å². The first-order valence-corrected chi connectivity index (χ1v) is 8.42. The van der Waals surface area contributed by atoms with Crippen LogP contribution in [0.15, 0.2) is 33.1 Å². The predicted octanol–water partition coefficient (Wildman–Crippen LogP) is 2.51. The first-order valence-electron chi connectivity index (χ1n) is 5.26. The summed E-state index contributed by atoms with van der Waals surface area (Å²) in [7, 11) is -3.73. The van der Waals surface area contributed by atoms with Crippen molar-refractivity contribution in [2.75, 3.05) is 4.72 Å². The highest BCUT2D eigenvalue weighted by Gasteiger charge is 2.20. The van der Waals surface area contributed by atoms with Gasteiger partial charge in [-0.15, -0.1) is 11.3 Å². The molecule has 2 aromatic rings. The van der Waals surface area contributed by atoms with Crippen molar-refractivity contribution < 1.29 is 13.5 Å². The molecule has 0 fully saturated rings. The van der Waals surface area contributed by atoms with Gasteiger partial charge < -0.3 is 5.11 Å². The molecule has 0 atom stereocenters. The van der Waals surface area contributed by atoms with Gasteiger partial charge in [0.05, 0.1) is 11.5 Å². The molecule has 8 heteroatoms. The molecule has 0 saturated carbocycles. The number of hydrogen-bond donors (Lipinski definition) is 2. The van der Waals surface area contributed by atoms with Crippen LogP contribution >= 0.6 is 27.3 Å². The van der Waals surface area contributed by atoms with Gasteiger partial charge in [-0.2, -0.15) is 0 Å². The van der Waals surface area contributed by atoms with Gasteiger partial charge in [-0.1, -0.05) is 0 Å². The summed E-state index contributed by atoms with van der Waals surface area (Å²) in [6.07, 6.45) is 1.52. The number of aliphatic hydroxyl groups excluding tert-OH is 1. The summed E-state index contributed by atoms with van der Waals surface area (Å²) in [5.41, 5.74) is 0.707. The van der Waals surface area contributed by atoms with Crippen molar-refractivity contribution in [1.82, 2.24) is 4.98 Å². The Hall–Kier alpha value is -0.960. The SMILES string of the molecule is Cc1cc(Br)cnc1NS(=O)(=O)c1ccsc1CO. The van der Waals surface area contributed by atoms with Crippen molar-refractivity contribution in [3.8, 4) is 0 Å². The Balaban J connectivity index is 2.37. The fourth-order valence-electron chi connectivity index (χ4n) is 1.51. The van der Waals surface area contributed by atoms with Gasteiger partial charge in [0, 0.05) is 10.7 Å². The average molecular weight is 363 g/mol. The highest BCUT2D eigenvalue weighted by molar-refractivity contribution is 9.10. The summed E-state index contributed by atoms with van der Waals surface area (Å²) in [6, 6.07) is 3.23. The second kappa shape index (κ2) is 5.58. The summed E-state index contributed by atoms with van der Waals surface area (Å²) in [6.45, 7) is 1.46. The number of thiophene rings is 1. The van der Waals surface area contributed by atoms with Gasteiger partial charge in [0.1, 0.15) is 10.7 Å². The highest BCUT2D eigenvalue weighted by atomic mass is 79.9. The quantitative estimate of drug-likeness (QED) is 0.875. The van der Waals surface area contributed by atoms with E-state index in [1.165, 1.54) is 23.6 Å². The maximum atomic E-state index is 12.2. The molecule has 0 aliphatic heterocycles. The summed E-state index contributed by atoms with van der Waals surface area (Å²) in [5.74, 6) is 0.276. The van der Waals surface area contributed by atoms with Crippen LogP contribution in [0, 0.1) is 6.92 Å². The van der Waals surface area contributed by atoms with Crippen LogP contribution in [0.4, 0.5) is 5.82 Å². The van der Waals surface area contributed by atoms with E-state index in [0.29, 0.717) is 10.4 Å². The summed E-state index contributed by atoms with van der Waals surface area (Å²) >= 11 is 4.46. The second-order valence-corrected chi connectivity index (χ2v) is 7.36. The molecular formula is C11H11BrN2O3S2. The zero-order valence-electron chi connectivity index (χ0n) is 9.92. The molecule has 0 aliphatic carbocycles. The van der Waals surface area contributed by atoms with Crippen LogP contribution in [0.2, 0.25) is 0 Å². The Bertz CT molecular complexity index is 698. The number of pyridine rings is 1. The maximum Gasteiger partial charge on any atom is 0.264 e. The number of aryl methyl sites for hydroxylation is 1. The maximum absolute atomic E-state index is 12.2. The molecule has 0 bridgehead atoms. The lowest BCUT2D eigenvalue weighted by molar-refractivity contribution is 0.282. The minimum absolute atomic E-state index is 0.0871. The van der Waals surface area contributed by atoms with Crippen molar-refractivity contribution in [3.05, 3.63) is 38.6 Å².